The van der Waals surface area contributed by atoms with Gasteiger partial charge < -0.3 is 4.98 Å². The number of ketones is 1. The summed E-state index contributed by atoms with van der Waals surface area (Å²) in [6.45, 7) is 24.6. The summed E-state index contributed by atoms with van der Waals surface area (Å²) in [7, 11) is 0. The number of Topliss-reactive ketones (excluding diaryl/α,β-unsaturated/α-hetero) is 1. The van der Waals surface area contributed by atoms with Crippen LogP contribution in [0, 0.1) is 69.2 Å². The first-order chi connectivity index (χ1) is 14.8. The molecule has 0 saturated heterocycles. The minimum Gasteiger partial charge on any atom is -0.326 e. The van der Waals surface area contributed by atoms with Gasteiger partial charge in [0.15, 0.2) is 5.78 Å². The molecule has 1 heterocycles. The molecule has 0 aliphatic heterocycles. The van der Waals surface area contributed by atoms with Crippen molar-refractivity contribution in [1.82, 2.24) is 4.98 Å². The van der Waals surface area contributed by atoms with E-state index in [-0.39, 0.29) is 11.3 Å². The third-order valence-electron chi connectivity index (χ3n) is 7.68. The summed E-state index contributed by atoms with van der Waals surface area (Å²) in [5, 5.41) is 1.99. The lowest BCUT2D eigenvalue weighted by molar-refractivity contribution is 0.101. The Morgan fingerprint density at radius 1 is 0.625 bits per heavy atom. The molecule has 2 aromatic carbocycles. The van der Waals surface area contributed by atoms with Gasteiger partial charge in [0.1, 0.15) is 0 Å². The number of rotatable bonds is 2. The lowest BCUT2D eigenvalue weighted by Crippen LogP contribution is -2.13. The van der Waals surface area contributed by atoms with Crippen molar-refractivity contribution in [2.45, 2.75) is 89.5 Å². The Balaban J connectivity index is 0.000000229. The number of nitrogens with one attached hydrogen (secondary N) is 1. The Morgan fingerprint density at radius 2 is 1.06 bits per heavy atom. The van der Waals surface area contributed by atoms with Crippen LogP contribution >= 0.6 is 0 Å². The number of benzene rings is 2. The smallest absolute Gasteiger partial charge is 0.256 e. The van der Waals surface area contributed by atoms with Crippen molar-refractivity contribution < 1.29 is 4.79 Å². The molecule has 172 valence electrons. The average Bonchev–Trinajstić information content (AvgIpc) is 2.74. The van der Waals surface area contributed by atoms with Gasteiger partial charge in [0, 0.05) is 11.3 Å². The molecule has 0 bridgehead atoms. The quantitative estimate of drug-likeness (QED) is 0.440. The molecule has 32 heavy (non-hydrogen) atoms. The molecule has 0 unspecified atom stereocenters. The van der Waals surface area contributed by atoms with E-state index in [4.69, 9.17) is 0 Å². The maximum absolute atomic E-state index is 12.1. The van der Waals surface area contributed by atoms with E-state index in [2.05, 4.69) is 67.3 Å². The van der Waals surface area contributed by atoms with Crippen LogP contribution in [0.15, 0.2) is 4.79 Å². The van der Waals surface area contributed by atoms with Gasteiger partial charge in [-0.2, -0.15) is 0 Å². The lowest BCUT2D eigenvalue weighted by Gasteiger charge is -2.18. The molecule has 1 N–H and O–H groups in total. The standard InChI is InChI=1S/C15H19NO.C14H20O/c1-7-8(2)10(4)14-13(9(7)3)11(5)12(6)16-15(14)17;1-7-13-10(4)8(2)9(3)11(5)14(13)12(6)15/h1-6H3,(H,16,17);7H2,1-6H3. The van der Waals surface area contributed by atoms with Crippen LogP contribution < -0.4 is 5.56 Å². The van der Waals surface area contributed by atoms with E-state index in [0.29, 0.717) is 0 Å². The minimum atomic E-state index is 0.0341. The molecule has 0 fully saturated rings. The highest BCUT2D eigenvalue weighted by Crippen LogP contribution is 2.30. The monoisotopic (exact) mass is 433 g/mol. The molecule has 0 saturated carbocycles. The van der Waals surface area contributed by atoms with Crippen molar-refractivity contribution in [3.63, 3.8) is 0 Å². The van der Waals surface area contributed by atoms with Crippen LogP contribution in [0.4, 0.5) is 0 Å². The van der Waals surface area contributed by atoms with Crippen molar-refractivity contribution in [3.05, 3.63) is 77.2 Å². The molecule has 3 heteroatoms. The van der Waals surface area contributed by atoms with Crippen molar-refractivity contribution in [1.29, 1.82) is 0 Å². The minimum absolute atomic E-state index is 0.0341. The Labute approximate surface area is 193 Å². The van der Waals surface area contributed by atoms with Crippen LogP contribution in [0.5, 0.6) is 0 Å². The Morgan fingerprint density at radius 3 is 1.53 bits per heavy atom. The molecule has 0 amide bonds. The van der Waals surface area contributed by atoms with E-state index in [1.54, 1.807) is 6.92 Å². The number of aromatic nitrogens is 1. The first-order valence-electron chi connectivity index (χ1n) is 11.5. The van der Waals surface area contributed by atoms with Crippen LogP contribution in [0.2, 0.25) is 0 Å². The maximum Gasteiger partial charge on any atom is 0.256 e. The molecule has 0 aliphatic carbocycles. The third kappa shape index (κ3) is 4.18. The van der Waals surface area contributed by atoms with Gasteiger partial charge in [-0.3, -0.25) is 9.59 Å². The van der Waals surface area contributed by atoms with Gasteiger partial charge in [-0.1, -0.05) is 6.92 Å². The van der Waals surface area contributed by atoms with Gasteiger partial charge in [-0.15, -0.1) is 0 Å². The molecule has 1 aromatic heterocycles. The van der Waals surface area contributed by atoms with E-state index in [1.807, 2.05) is 13.8 Å². The summed E-state index contributed by atoms with van der Waals surface area (Å²) in [6.07, 6.45) is 0.933. The molecular formula is C29H39NO2. The zero-order chi connectivity index (χ0) is 24.7. The van der Waals surface area contributed by atoms with Crippen LogP contribution in [0.1, 0.15) is 85.5 Å². The first-order valence-corrected chi connectivity index (χ1v) is 11.5. The average molecular weight is 434 g/mol. The van der Waals surface area contributed by atoms with Gasteiger partial charge in [0.05, 0.1) is 5.39 Å². The zero-order valence-corrected chi connectivity index (χ0v) is 22.0. The predicted molar refractivity (Wildman–Crippen MR) is 138 cm³/mol. The number of aryl methyl sites for hydroxylation is 4. The second kappa shape index (κ2) is 9.44. The van der Waals surface area contributed by atoms with Crippen LogP contribution in [-0.4, -0.2) is 10.8 Å². The second-order valence-corrected chi connectivity index (χ2v) is 9.22. The summed E-state index contributed by atoms with van der Waals surface area (Å²) in [4.78, 5) is 26.7. The molecule has 0 radical (unpaired) electrons. The Hall–Kier alpha value is -2.68. The van der Waals surface area contributed by atoms with E-state index in [9.17, 15) is 9.59 Å². The van der Waals surface area contributed by atoms with E-state index in [1.165, 1.54) is 44.5 Å². The summed E-state index contributed by atoms with van der Waals surface area (Å²) < 4.78 is 0. The normalized spacial score (nSPS) is 10.9. The Kier molecular flexibility index (Phi) is 7.55. The van der Waals surface area contributed by atoms with Gasteiger partial charge in [0.25, 0.3) is 5.56 Å². The number of hydrogen-bond acceptors (Lipinski definition) is 2. The van der Waals surface area contributed by atoms with Crippen LogP contribution in [0.25, 0.3) is 10.8 Å². The number of fused-ring (bicyclic) bond motifs is 1. The lowest BCUT2D eigenvalue weighted by atomic mass is 9.86. The topological polar surface area (TPSA) is 49.9 Å². The molecule has 0 spiro atoms. The number of pyridine rings is 1. The molecular weight excluding hydrogens is 394 g/mol. The summed E-state index contributed by atoms with van der Waals surface area (Å²) in [6, 6.07) is 0. The molecule has 0 aliphatic rings. The fourth-order valence-corrected chi connectivity index (χ4v) is 4.89. The highest BCUT2D eigenvalue weighted by Gasteiger charge is 2.17. The van der Waals surface area contributed by atoms with E-state index >= 15 is 0 Å². The highest BCUT2D eigenvalue weighted by molar-refractivity contribution is 5.98. The Bertz CT molecular complexity index is 1290. The summed E-state index contributed by atoms with van der Waals surface area (Å²) >= 11 is 0. The fourth-order valence-electron chi connectivity index (χ4n) is 4.89. The van der Waals surface area contributed by atoms with Crippen LogP contribution in [-0.2, 0) is 6.42 Å². The van der Waals surface area contributed by atoms with Gasteiger partial charge >= 0.3 is 0 Å². The first kappa shape index (κ1) is 25.6. The predicted octanol–water partition coefficient (Wildman–Crippen LogP) is 7.06. The fraction of sp³-hybridized carbons (Fsp3) is 0.448. The summed E-state index contributed by atoms with van der Waals surface area (Å²) in [5.41, 5.74) is 14.2. The van der Waals surface area contributed by atoms with Gasteiger partial charge in [-0.25, -0.2) is 0 Å². The van der Waals surface area contributed by atoms with Gasteiger partial charge in [0.2, 0.25) is 0 Å². The SMILES string of the molecule is CCc1c(C)c(C)c(C)c(C)c1C(C)=O.Cc1[nH]c(=O)c2c(C)c(C)c(C)c(C)c2c1C. The molecule has 3 rings (SSSR count). The molecule has 3 nitrogen and oxygen atoms in total. The number of hydrogen-bond donors (Lipinski definition) is 1. The molecule has 0 atom stereocenters. The summed E-state index contributed by atoms with van der Waals surface area (Å²) in [5.74, 6) is 0.190. The molecule has 3 aromatic rings. The van der Waals surface area contributed by atoms with Crippen molar-refractivity contribution in [3.8, 4) is 0 Å². The second-order valence-electron chi connectivity index (χ2n) is 9.22. The van der Waals surface area contributed by atoms with Gasteiger partial charge in [-0.05, 0) is 144 Å². The maximum atomic E-state index is 12.1. The van der Waals surface area contributed by atoms with Crippen molar-refractivity contribution in [2.24, 2.45) is 0 Å². The van der Waals surface area contributed by atoms with E-state index in [0.717, 1.165) is 39.6 Å². The van der Waals surface area contributed by atoms with E-state index < -0.39 is 0 Å². The number of carbonyl (C=O) groups excluding carboxylic acids is 1. The largest absolute Gasteiger partial charge is 0.326 e. The zero-order valence-electron chi connectivity index (χ0n) is 22.0. The number of carbonyl (C=O) groups is 1. The highest BCUT2D eigenvalue weighted by atomic mass is 16.1. The number of H-pyrrole nitrogens is 1. The van der Waals surface area contributed by atoms with Crippen molar-refractivity contribution in [2.75, 3.05) is 0 Å². The van der Waals surface area contributed by atoms with Crippen molar-refractivity contribution >= 4 is 16.6 Å². The third-order valence-corrected chi connectivity index (χ3v) is 7.68. The number of aromatic amines is 1. The van der Waals surface area contributed by atoms with Crippen LogP contribution in [0.3, 0.4) is 0 Å².